The lowest BCUT2D eigenvalue weighted by Gasteiger charge is -2.05. The van der Waals surface area contributed by atoms with E-state index >= 15 is 0 Å². The first-order chi connectivity index (χ1) is 7.40. The van der Waals surface area contributed by atoms with Gasteiger partial charge in [-0.25, -0.2) is 0 Å². The van der Waals surface area contributed by atoms with E-state index in [4.69, 9.17) is 4.84 Å². The molecule has 0 fully saturated rings. The lowest BCUT2D eigenvalue weighted by atomic mass is 10.2. The van der Waals surface area contributed by atoms with Crippen molar-refractivity contribution in [2.45, 2.75) is 6.61 Å². The van der Waals surface area contributed by atoms with Gasteiger partial charge in [-0.3, -0.25) is 4.79 Å². The lowest BCUT2D eigenvalue weighted by Crippen LogP contribution is -2.15. The average Bonchev–Trinajstić information content (AvgIpc) is 2.75. The van der Waals surface area contributed by atoms with E-state index in [-0.39, 0.29) is 0 Å². The summed E-state index contributed by atoms with van der Waals surface area (Å²) in [6, 6.07) is 11.3. The standard InChI is InChI=1S/C11H10N2O2/c14-8-11-6-7-12-13(11)15-9-10-4-2-1-3-5-10/h1-8H,9H2. The Morgan fingerprint density at radius 1 is 1.27 bits per heavy atom. The molecular formula is C11H10N2O2. The Hall–Kier alpha value is -2.10. The maximum absolute atomic E-state index is 10.6. The molecule has 0 bridgehead atoms. The Bertz CT molecular complexity index is 437. The summed E-state index contributed by atoms with van der Waals surface area (Å²) in [6.07, 6.45) is 2.23. The normalized spacial score (nSPS) is 9.87. The molecule has 4 nitrogen and oxygen atoms in total. The van der Waals surface area contributed by atoms with E-state index in [1.807, 2.05) is 30.3 Å². The zero-order valence-corrected chi connectivity index (χ0v) is 8.04. The Morgan fingerprint density at radius 3 is 2.80 bits per heavy atom. The van der Waals surface area contributed by atoms with Gasteiger partial charge in [0, 0.05) is 0 Å². The quantitative estimate of drug-likeness (QED) is 0.702. The topological polar surface area (TPSA) is 44.1 Å². The van der Waals surface area contributed by atoms with Crippen molar-refractivity contribution in [3.63, 3.8) is 0 Å². The fraction of sp³-hybridized carbons (Fsp3) is 0.0909. The van der Waals surface area contributed by atoms with Crippen LogP contribution in [0.2, 0.25) is 0 Å². The molecule has 0 saturated carbocycles. The first-order valence-corrected chi connectivity index (χ1v) is 4.56. The fourth-order valence-electron chi connectivity index (χ4n) is 1.20. The maximum atomic E-state index is 10.6. The summed E-state index contributed by atoms with van der Waals surface area (Å²) in [7, 11) is 0. The number of nitrogens with zero attached hydrogens (tertiary/aromatic N) is 2. The second-order valence-electron chi connectivity index (χ2n) is 3.01. The van der Waals surface area contributed by atoms with Gasteiger partial charge < -0.3 is 4.84 Å². The number of carbonyl (C=O) groups is 1. The van der Waals surface area contributed by atoms with Crippen molar-refractivity contribution in [1.29, 1.82) is 0 Å². The third-order valence-electron chi connectivity index (χ3n) is 1.95. The Labute approximate surface area is 87.1 Å². The number of hydrogen-bond donors (Lipinski definition) is 0. The highest BCUT2D eigenvalue weighted by atomic mass is 16.7. The van der Waals surface area contributed by atoms with Crippen LogP contribution >= 0.6 is 0 Å². The van der Waals surface area contributed by atoms with E-state index in [9.17, 15) is 4.79 Å². The molecule has 15 heavy (non-hydrogen) atoms. The van der Waals surface area contributed by atoms with Gasteiger partial charge in [0.25, 0.3) is 0 Å². The summed E-state index contributed by atoms with van der Waals surface area (Å²) in [6.45, 7) is 0.392. The molecule has 4 heteroatoms. The molecule has 0 N–H and O–H groups in total. The molecule has 0 atom stereocenters. The van der Waals surface area contributed by atoms with Gasteiger partial charge in [0.15, 0.2) is 6.29 Å². The Morgan fingerprint density at radius 2 is 2.07 bits per heavy atom. The number of hydrogen-bond acceptors (Lipinski definition) is 3. The lowest BCUT2D eigenvalue weighted by molar-refractivity contribution is 0.0631. The van der Waals surface area contributed by atoms with Crippen LogP contribution in [0.3, 0.4) is 0 Å². The summed E-state index contributed by atoms with van der Waals surface area (Å²) in [4.78, 5) is 17.1. The monoisotopic (exact) mass is 202 g/mol. The van der Waals surface area contributed by atoms with Gasteiger partial charge >= 0.3 is 0 Å². The molecule has 1 heterocycles. The van der Waals surface area contributed by atoms with Gasteiger partial charge in [-0.05, 0) is 11.6 Å². The summed E-state index contributed by atoms with van der Waals surface area (Å²) in [5.41, 5.74) is 1.44. The molecule has 76 valence electrons. The van der Waals surface area contributed by atoms with Gasteiger partial charge in [-0.1, -0.05) is 35.2 Å². The van der Waals surface area contributed by atoms with Crippen LogP contribution in [0.1, 0.15) is 16.1 Å². The number of benzene rings is 1. The van der Waals surface area contributed by atoms with Crippen LogP contribution in [0.15, 0.2) is 42.6 Å². The van der Waals surface area contributed by atoms with E-state index in [1.165, 1.54) is 11.0 Å². The highest BCUT2D eigenvalue weighted by molar-refractivity contribution is 5.71. The summed E-state index contributed by atoms with van der Waals surface area (Å²) in [5.74, 6) is 0. The second kappa shape index (κ2) is 4.41. The molecule has 0 radical (unpaired) electrons. The molecule has 0 aliphatic carbocycles. The van der Waals surface area contributed by atoms with E-state index < -0.39 is 0 Å². The highest BCUT2D eigenvalue weighted by Gasteiger charge is 2.01. The molecule has 0 aliphatic rings. The summed E-state index contributed by atoms with van der Waals surface area (Å²) < 4.78 is 0. The molecular weight excluding hydrogens is 192 g/mol. The fourth-order valence-corrected chi connectivity index (χ4v) is 1.20. The molecule has 2 aromatic rings. The van der Waals surface area contributed by atoms with Gasteiger partial charge in [0.1, 0.15) is 12.3 Å². The van der Waals surface area contributed by atoms with Crippen LogP contribution < -0.4 is 4.84 Å². The van der Waals surface area contributed by atoms with Crippen molar-refractivity contribution in [3.8, 4) is 0 Å². The number of aromatic nitrogens is 2. The van der Waals surface area contributed by atoms with Crippen molar-refractivity contribution >= 4 is 6.29 Å². The Balaban J connectivity index is 2.02. The Kier molecular flexibility index (Phi) is 2.78. The average molecular weight is 202 g/mol. The molecule has 1 aromatic carbocycles. The molecule has 0 unspecified atom stereocenters. The smallest absolute Gasteiger partial charge is 0.171 e. The van der Waals surface area contributed by atoms with Crippen LogP contribution in [0, 0.1) is 0 Å². The molecule has 0 saturated heterocycles. The minimum Gasteiger partial charge on any atom is -0.391 e. The SMILES string of the molecule is O=Cc1ccnn1OCc1ccccc1. The number of carbonyl (C=O) groups excluding carboxylic acids is 1. The van der Waals surface area contributed by atoms with Crippen molar-refractivity contribution in [1.82, 2.24) is 9.94 Å². The molecule has 0 spiro atoms. The maximum Gasteiger partial charge on any atom is 0.171 e. The van der Waals surface area contributed by atoms with Crippen molar-refractivity contribution in [2.75, 3.05) is 0 Å². The minimum absolute atomic E-state index is 0.392. The van der Waals surface area contributed by atoms with Crippen molar-refractivity contribution in [3.05, 3.63) is 53.9 Å². The summed E-state index contributed by atoms with van der Waals surface area (Å²) >= 11 is 0. The van der Waals surface area contributed by atoms with Crippen LogP contribution in [0.4, 0.5) is 0 Å². The first-order valence-electron chi connectivity index (χ1n) is 4.56. The third kappa shape index (κ3) is 2.22. The van der Waals surface area contributed by atoms with Gasteiger partial charge in [-0.15, -0.1) is 5.10 Å². The van der Waals surface area contributed by atoms with Crippen molar-refractivity contribution in [2.24, 2.45) is 0 Å². The van der Waals surface area contributed by atoms with Crippen LogP contribution in [-0.2, 0) is 6.61 Å². The zero-order chi connectivity index (χ0) is 10.5. The van der Waals surface area contributed by atoms with Gasteiger partial charge in [0.2, 0.25) is 0 Å². The van der Waals surface area contributed by atoms with Crippen LogP contribution in [0.5, 0.6) is 0 Å². The third-order valence-corrected chi connectivity index (χ3v) is 1.95. The van der Waals surface area contributed by atoms with Gasteiger partial charge in [0.05, 0.1) is 6.20 Å². The van der Waals surface area contributed by atoms with E-state index in [0.29, 0.717) is 18.6 Å². The predicted octanol–water partition coefficient (Wildman–Crippen LogP) is 1.32. The highest BCUT2D eigenvalue weighted by Crippen LogP contribution is 1.99. The molecule has 2 rings (SSSR count). The molecule has 0 aliphatic heterocycles. The second-order valence-corrected chi connectivity index (χ2v) is 3.01. The minimum atomic E-state index is 0.392. The van der Waals surface area contributed by atoms with E-state index in [1.54, 1.807) is 6.07 Å². The van der Waals surface area contributed by atoms with E-state index in [2.05, 4.69) is 5.10 Å². The summed E-state index contributed by atoms with van der Waals surface area (Å²) in [5, 5.41) is 3.87. The molecule has 0 amide bonds. The predicted molar refractivity (Wildman–Crippen MR) is 54.3 cm³/mol. The number of rotatable bonds is 4. The number of aldehydes is 1. The largest absolute Gasteiger partial charge is 0.391 e. The zero-order valence-electron chi connectivity index (χ0n) is 8.04. The van der Waals surface area contributed by atoms with Crippen LogP contribution in [0.25, 0.3) is 0 Å². The van der Waals surface area contributed by atoms with Crippen molar-refractivity contribution < 1.29 is 9.63 Å². The van der Waals surface area contributed by atoms with Gasteiger partial charge in [-0.2, -0.15) is 0 Å². The molecule has 1 aromatic heterocycles. The van der Waals surface area contributed by atoms with E-state index in [0.717, 1.165) is 5.56 Å². The first kappa shape index (κ1) is 9.45. The van der Waals surface area contributed by atoms with Crippen LogP contribution in [-0.4, -0.2) is 16.2 Å².